The van der Waals surface area contributed by atoms with Gasteiger partial charge in [-0.1, -0.05) is 6.07 Å². The molecule has 1 saturated carbocycles. The Bertz CT molecular complexity index is 617. The Labute approximate surface area is 143 Å². The Hall–Kier alpha value is -1.75. The number of likely N-dealkylation sites (tertiary alicyclic amines) is 1. The van der Waals surface area contributed by atoms with Gasteiger partial charge >= 0.3 is 0 Å². The maximum Gasteiger partial charge on any atom is 0.226 e. The first-order valence-electron chi connectivity index (χ1n) is 9.09. The smallest absolute Gasteiger partial charge is 0.226 e. The van der Waals surface area contributed by atoms with E-state index < -0.39 is 0 Å². The molecule has 0 aromatic heterocycles. The van der Waals surface area contributed by atoms with Crippen molar-refractivity contribution in [3.63, 3.8) is 0 Å². The van der Waals surface area contributed by atoms with Gasteiger partial charge in [0.05, 0.1) is 0 Å². The van der Waals surface area contributed by atoms with Gasteiger partial charge in [0.1, 0.15) is 13.2 Å². The molecule has 4 rings (SSSR count). The fourth-order valence-electron chi connectivity index (χ4n) is 4.08. The lowest BCUT2D eigenvalue weighted by atomic mass is 9.97. The molecule has 3 unspecified atom stereocenters. The normalized spacial score (nSPS) is 28.5. The molecular formula is C19H26N2O3. The molecule has 1 saturated heterocycles. The van der Waals surface area contributed by atoms with Crippen LogP contribution >= 0.6 is 0 Å². The van der Waals surface area contributed by atoms with E-state index in [0.29, 0.717) is 31.0 Å². The van der Waals surface area contributed by atoms with Crippen molar-refractivity contribution in [1.82, 2.24) is 10.2 Å². The minimum atomic E-state index is 0.154. The summed E-state index contributed by atoms with van der Waals surface area (Å²) < 4.78 is 11.2. The van der Waals surface area contributed by atoms with Gasteiger partial charge in [-0.3, -0.25) is 4.79 Å². The molecular weight excluding hydrogens is 304 g/mol. The van der Waals surface area contributed by atoms with Gasteiger partial charge in [-0.25, -0.2) is 0 Å². The van der Waals surface area contributed by atoms with Crippen molar-refractivity contribution in [2.24, 2.45) is 11.8 Å². The molecule has 1 N–H and O–H groups in total. The molecule has 0 radical (unpaired) electrons. The number of rotatable bonds is 4. The van der Waals surface area contributed by atoms with Gasteiger partial charge in [0.25, 0.3) is 0 Å². The van der Waals surface area contributed by atoms with Crippen LogP contribution < -0.4 is 14.8 Å². The number of benzene rings is 1. The van der Waals surface area contributed by atoms with Gasteiger partial charge in [-0.15, -0.1) is 0 Å². The van der Waals surface area contributed by atoms with E-state index >= 15 is 0 Å². The number of nitrogens with one attached hydrogen (secondary N) is 1. The van der Waals surface area contributed by atoms with Crippen molar-refractivity contribution in [1.29, 1.82) is 0 Å². The number of carbonyl (C=O) groups is 1. The van der Waals surface area contributed by atoms with E-state index in [0.717, 1.165) is 44.0 Å². The van der Waals surface area contributed by atoms with Crippen LogP contribution in [0.5, 0.6) is 11.5 Å². The molecule has 2 aliphatic heterocycles. The third-order valence-corrected chi connectivity index (χ3v) is 5.43. The SMILES string of the molecule is CNCC1CCCN(C(=O)C2CC2c2ccc3c(c2)OCCO3)C1. The average Bonchev–Trinajstić information content (AvgIpc) is 3.42. The second kappa shape index (κ2) is 6.63. The second-order valence-electron chi connectivity index (χ2n) is 7.20. The molecule has 5 nitrogen and oxygen atoms in total. The molecule has 3 aliphatic rings. The third-order valence-electron chi connectivity index (χ3n) is 5.43. The highest BCUT2D eigenvalue weighted by molar-refractivity contribution is 5.83. The molecule has 2 heterocycles. The van der Waals surface area contributed by atoms with Gasteiger partial charge in [0.2, 0.25) is 5.91 Å². The fourth-order valence-corrected chi connectivity index (χ4v) is 4.08. The number of piperidine rings is 1. The first-order valence-corrected chi connectivity index (χ1v) is 9.09. The monoisotopic (exact) mass is 330 g/mol. The van der Waals surface area contributed by atoms with Crippen LogP contribution in [0.2, 0.25) is 0 Å². The first-order chi connectivity index (χ1) is 11.8. The Morgan fingerprint density at radius 2 is 2.12 bits per heavy atom. The topological polar surface area (TPSA) is 50.8 Å². The van der Waals surface area contributed by atoms with E-state index in [1.165, 1.54) is 12.0 Å². The zero-order chi connectivity index (χ0) is 16.5. The van der Waals surface area contributed by atoms with Crippen molar-refractivity contribution in [3.8, 4) is 11.5 Å². The predicted octanol–water partition coefficient (Wildman–Crippen LogP) is 2.02. The Morgan fingerprint density at radius 1 is 1.29 bits per heavy atom. The van der Waals surface area contributed by atoms with Crippen molar-refractivity contribution < 1.29 is 14.3 Å². The lowest BCUT2D eigenvalue weighted by Gasteiger charge is -2.33. The summed E-state index contributed by atoms with van der Waals surface area (Å²) in [4.78, 5) is 14.9. The van der Waals surface area contributed by atoms with Crippen molar-refractivity contribution in [2.45, 2.75) is 25.2 Å². The van der Waals surface area contributed by atoms with Crippen molar-refractivity contribution in [3.05, 3.63) is 23.8 Å². The number of nitrogens with zero attached hydrogens (tertiary/aromatic N) is 1. The highest BCUT2D eigenvalue weighted by atomic mass is 16.6. The second-order valence-corrected chi connectivity index (χ2v) is 7.20. The molecule has 2 fully saturated rings. The molecule has 0 bridgehead atoms. The summed E-state index contributed by atoms with van der Waals surface area (Å²) in [6.45, 7) is 4.04. The summed E-state index contributed by atoms with van der Waals surface area (Å²) in [6.07, 6.45) is 3.31. The van der Waals surface area contributed by atoms with Crippen molar-refractivity contribution in [2.75, 3.05) is 39.9 Å². The molecule has 0 spiro atoms. The summed E-state index contributed by atoms with van der Waals surface area (Å²) in [5.74, 6) is 3.08. The van der Waals surface area contributed by atoms with Crippen molar-refractivity contribution >= 4 is 5.91 Å². The quantitative estimate of drug-likeness (QED) is 0.918. The van der Waals surface area contributed by atoms with E-state index in [9.17, 15) is 4.79 Å². The summed E-state index contributed by atoms with van der Waals surface area (Å²) in [5, 5.41) is 3.24. The van der Waals surface area contributed by atoms with E-state index in [1.54, 1.807) is 0 Å². The van der Waals surface area contributed by atoms with E-state index in [-0.39, 0.29) is 5.92 Å². The lowest BCUT2D eigenvalue weighted by Crippen LogP contribution is -2.43. The van der Waals surface area contributed by atoms with Crippen LogP contribution in [0, 0.1) is 11.8 Å². The van der Waals surface area contributed by atoms with Gasteiger partial charge in [0.15, 0.2) is 11.5 Å². The summed E-state index contributed by atoms with van der Waals surface area (Å²) in [6, 6.07) is 6.13. The summed E-state index contributed by atoms with van der Waals surface area (Å²) >= 11 is 0. The number of hydrogen-bond donors (Lipinski definition) is 1. The zero-order valence-electron chi connectivity index (χ0n) is 14.3. The predicted molar refractivity (Wildman–Crippen MR) is 91.5 cm³/mol. The largest absolute Gasteiger partial charge is 0.486 e. The minimum Gasteiger partial charge on any atom is -0.486 e. The van der Waals surface area contributed by atoms with Gasteiger partial charge in [-0.2, -0.15) is 0 Å². The Morgan fingerprint density at radius 3 is 2.96 bits per heavy atom. The van der Waals surface area contributed by atoms with Crippen LogP contribution in [0.4, 0.5) is 0 Å². The summed E-state index contributed by atoms with van der Waals surface area (Å²) in [7, 11) is 1.99. The first kappa shape index (κ1) is 15.8. The number of amides is 1. The number of ether oxygens (including phenoxy) is 2. The van der Waals surface area contributed by atoms with Gasteiger partial charge < -0.3 is 19.7 Å². The molecule has 3 atom stereocenters. The maximum absolute atomic E-state index is 12.8. The molecule has 24 heavy (non-hydrogen) atoms. The van der Waals surface area contributed by atoms with E-state index in [1.807, 2.05) is 13.1 Å². The molecule has 130 valence electrons. The van der Waals surface area contributed by atoms with Crippen LogP contribution in [-0.4, -0.2) is 50.7 Å². The molecule has 1 aromatic rings. The van der Waals surface area contributed by atoms with E-state index in [4.69, 9.17) is 9.47 Å². The van der Waals surface area contributed by atoms with Crippen LogP contribution in [0.3, 0.4) is 0 Å². The maximum atomic E-state index is 12.8. The number of hydrogen-bond acceptors (Lipinski definition) is 4. The Balaban J connectivity index is 1.39. The van der Waals surface area contributed by atoms with Crippen LogP contribution in [-0.2, 0) is 4.79 Å². The Kier molecular flexibility index (Phi) is 4.35. The van der Waals surface area contributed by atoms with Crippen LogP contribution in [0.25, 0.3) is 0 Å². The van der Waals surface area contributed by atoms with E-state index in [2.05, 4.69) is 22.3 Å². The van der Waals surface area contributed by atoms with Gasteiger partial charge in [0, 0.05) is 19.0 Å². The average molecular weight is 330 g/mol. The van der Waals surface area contributed by atoms with Gasteiger partial charge in [-0.05, 0) is 62.4 Å². The number of fused-ring (bicyclic) bond motifs is 1. The van der Waals surface area contributed by atoms with Crippen LogP contribution in [0.1, 0.15) is 30.7 Å². The third kappa shape index (κ3) is 3.09. The molecule has 1 amide bonds. The lowest BCUT2D eigenvalue weighted by molar-refractivity contribution is -0.134. The highest BCUT2D eigenvalue weighted by Crippen LogP contribution is 2.50. The zero-order valence-corrected chi connectivity index (χ0v) is 14.3. The van der Waals surface area contributed by atoms with Crippen LogP contribution in [0.15, 0.2) is 18.2 Å². The molecule has 5 heteroatoms. The molecule has 1 aromatic carbocycles. The minimum absolute atomic E-state index is 0.154. The highest BCUT2D eigenvalue weighted by Gasteiger charge is 2.46. The standard InChI is InChI=1S/C19H26N2O3/c1-20-11-13-3-2-6-21(12-13)19(22)16-10-15(16)14-4-5-17-18(9-14)24-8-7-23-17/h4-5,9,13,15-16,20H,2-3,6-8,10-12H2,1H3. The molecule has 1 aliphatic carbocycles. The summed E-state index contributed by atoms with van der Waals surface area (Å²) in [5.41, 5.74) is 1.21. The number of carbonyl (C=O) groups excluding carboxylic acids is 1. The fraction of sp³-hybridized carbons (Fsp3) is 0.632.